The van der Waals surface area contributed by atoms with Crippen LogP contribution in [0.4, 0.5) is 0 Å². The molecule has 1 aliphatic heterocycles. The predicted molar refractivity (Wildman–Crippen MR) is 74.4 cm³/mol. The second-order valence-electron chi connectivity index (χ2n) is 5.03. The lowest BCUT2D eigenvalue weighted by Gasteiger charge is -2.30. The van der Waals surface area contributed by atoms with Gasteiger partial charge in [0, 0.05) is 18.7 Å². The van der Waals surface area contributed by atoms with Crippen molar-refractivity contribution in [3.8, 4) is 5.75 Å². The van der Waals surface area contributed by atoms with E-state index in [0.29, 0.717) is 13.0 Å². The Kier molecular flexibility index (Phi) is 5.19. The van der Waals surface area contributed by atoms with E-state index >= 15 is 0 Å². The van der Waals surface area contributed by atoms with Crippen LogP contribution in [0.1, 0.15) is 25.0 Å². The first-order chi connectivity index (χ1) is 9.20. The number of hydrogen-bond donors (Lipinski definition) is 1. The maximum atomic E-state index is 9.97. The van der Waals surface area contributed by atoms with Crippen LogP contribution in [0.2, 0.25) is 0 Å². The first-order valence-electron chi connectivity index (χ1n) is 6.90. The average molecular weight is 265 g/mol. The van der Waals surface area contributed by atoms with Gasteiger partial charge in [0.25, 0.3) is 0 Å². The summed E-state index contributed by atoms with van der Waals surface area (Å²) in [6, 6.07) is 7.67. The lowest BCUT2D eigenvalue weighted by atomic mass is 10.1. The highest BCUT2D eigenvalue weighted by molar-refractivity contribution is 5.35. The molecule has 19 heavy (non-hydrogen) atoms. The van der Waals surface area contributed by atoms with Gasteiger partial charge in [-0.15, -0.1) is 0 Å². The van der Waals surface area contributed by atoms with Crippen molar-refractivity contribution >= 4 is 0 Å². The fourth-order valence-electron chi connectivity index (χ4n) is 2.26. The van der Waals surface area contributed by atoms with Gasteiger partial charge in [0.05, 0.1) is 12.7 Å². The SMILES string of the molecule is CC[C@H](O)c1ccccc1OCC1CN(C)CCO1. The van der Waals surface area contributed by atoms with E-state index in [0.717, 1.165) is 31.0 Å². The molecule has 1 aliphatic rings. The topological polar surface area (TPSA) is 41.9 Å². The fourth-order valence-corrected chi connectivity index (χ4v) is 2.26. The van der Waals surface area contributed by atoms with E-state index in [-0.39, 0.29) is 6.10 Å². The molecule has 2 rings (SSSR count). The number of aliphatic hydroxyl groups excluding tert-OH is 1. The van der Waals surface area contributed by atoms with Gasteiger partial charge in [-0.3, -0.25) is 0 Å². The molecule has 2 atom stereocenters. The second kappa shape index (κ2) is 6.89. The number of ether oxygens (including phenoxy) is 2. The number of aliphatic hydroxyl groups is 1. The van der Waals surface area contributed by atoms with E-state index in [9.17, 15) is 5.11 Å². The Labute approximate surface area is 114 Å². The van der Waals surface area contributed by atoms with Crippen molar-refractivity contribution in [3.05, 3.63) is 29.8 Å². The minimum absolute atomic E-state index is 0.102. The number of rotatable bonds is 5. The zero-order valence-electron chi connectivity index (χ0n) is 11.7. The molecule has 1 fully saturated rings. The van der Waals surface area contributed by atoms with Gasteiger partial charge in [-0.1, -0.05) is 25.1 Å². The summed E-state index contributed by atoms with van der Waals surface area (Å²) in [6.45, 7) is 5.10. The number of nitrogens with zero attached hydrogens (tertiary/aromatic N) is 1. The van der Waals surface area contributed by atoms with Gasteiger partial charge in [-0.05, 0) is 19.5 Å². The van der Waals surface area contributed by atoms with Crippen LogP contribution in [0.15, 0.2) is 24.3 Å². The average Bonchev–Trinajstić information content (AvgIpc) is 2.45. The molecular weight excluding hydrogens is 242 g/mol. The lowest BCUT2D eigenvalue weighted by Crippen LogP contribution is -2.42. The molecule has 0 amide bonds. The Morgan fingerprint density at radius 2 is 2.26 bits per heavy atom. The molecule has 106 valence electrons. The third kappa shape index (κ3) is 3.93. The Bertz CT molecular complexity index is 397. The molecule has 1 unspecified atom stereocenters. The first-order valence-corrected chi connectivity index (χ1v) is 6.90. The molecule has 0 spiro atoms. The summed E-state index contributed by atoms with van der Waals surface area (Å²) >= 11 is 0. The van der Waals surface area contributed by atoms with Crippen molar-refractivity contribution in [3.63, 3.8) is 0 Å². The molecule has 0 aliphatic carbocycles. The van der Waals surface area contributed by atoms with Gasteiger partial charge in [0.15, 0.2) is 0 Å². The standard InChI is InChI=1S/C15H23NO3/c1-3-14(17)13-6-4-5-7-15(13)19-11-12-10-16(2)8-9-18-12/h4-7,12,14,17H,3,8-11H2,1-2H3/t12?,14-/m0/s1. The minimum atomic E-state index is -0.467. The van der Waals surface area contributed by atoms with Gasteiger partial charge in [-0.25, -0.2) is 0 Å². The van der Waals surface area contributed by atoms with Crippen LogP contribution in [-0.2, 0) is 4.74 Å². The summed E-state index contributed by atoms with van der Waals surface area (Å²) < 4.78 is 11.5. The maximum Gasteiger partial charge on any atom is 0.125 e. The van der Waals surface area contributed by atoms with E-state index < -0.39 is 6.10 Å². The molecule has 4 heteroatoms. The minimum Gasteiger partial charge on any atom is -0.490 e. The summed E-state index contributed by atoms with van der Waals surface area (Å²) in [5, 5.41) is 9.97. The van der Waals surface area contributed by atoms with Gasteiger partial charge >= 0.3 is 0 Å². The Morgan fingerprint density at radius 1 is 1.47 bits per heavy atom. The number of para-hydroxylation sites is 1. The van der Waals surface area contributed by atoms with Gasteiger partial charge in [-0.2, -0.15) is 0 Å². The third-order valence-corrected chi connectivity index (χ3v) is 3.43. The van der Waals surface area contributed by atoms with Crippen LogP contribution in [0.5, 0.6) is 5.75 Å². The molecule has 0 radical (unpaired) electrons. The highest BCUT2D eigenvalue weighted by atomic mass is 16.5. The molecule has 0 saturated carbocycles. The zero-order chi connectivity index (χ0) is 13.7. The van der Waals surface area contributed by atoms with Crippen LogP contribution in [0, 0.1) is 0 Å². The summed E-state index contributed by atoms with van der Waals surface area (Å²) in [6.07, 6.45) is 0.319. The molecule has 4 nitrogen and oxygen atoms in total. The van der Waals surface area contributed by atoms with E-state index in [2.05, 4.69) is 11.9 Å². The zero-order valence-corrected chi connectivity index (χ0v) is 11.7. The monoisotopic (exact) mass is 265 g/mol. The highest BCUT2D eigenvalue weighted by Crippen LogP contribution is 2.27. The van der Waals surface area contributed by atoms with Crippen LogP contribution in [0.25, 0.3) is 0 Å². The van der Waals surface area contributed by atoms with Crippen molar-refractivity contribution in [1.29, 1.82) is 0 Å². The molecule has 1 N–H and O–H groups in total. The van der Waals surface area contributed by atoms with E-state index in [4.69, 9.17) is 9.47 Å². The summed E-state index contributed by atoms with van der Waals surface area (Å²) in [7, 11) is 2.09. The normalized spacial score (nSPS) is 22.2. The van der Waals surface area contributed by atoms with Crippen molar-refractivity contribution in [2.24, 2.45) is 0 Å². The highest BCUT2D eigenvalue weighted by Gasteiger charge is 2.19. The quantitative estimate of drug-likeness (QED) is 0.882. The van der Waals surface area contributed by atoms with E-state index in [1.54, 1.807) is 0 Å². The number of morpholine rings is 1. The maximum absolute atomic E-state index is 9.97. The summed E-state index contributed by atoms with van der Waals surface area (Å²) in [5.41, 5.74) is 0.856. The van der Waals surface area contributed by atoms with E-state index in [1.165, 1.54) is 0 Å². The lowest BCUT2D eigenvalue weighted by molar-refractivity contribution is -0.0407. The summed E-state index contributed by atoms with van der Waals surface area (Å²) in [5.74, 6) is 0.758. The predicted octanol–water partition coefficient (Wildman–Crippen LogP) is 1.84. The Hall–Kier alpha value is -1.10. The Balaban J connectivity index is 1.95. The van der Waals surface area contributed by atoms with Crippen molar-refractivity contribution in [2.75, 3.05) is 33.4 Å². The van der Waals surface area contributed by atoms with Crippen molar-refractivity contribution in [2.45, 2.75) is 25.6 Å². The van der Waals surface area contributed by atoms with Crippen molar-refractivity contribution in [1.82, 2.24) is 4.90 Å². The van der Waals surface area contributed by atoms with Crippen LogP contribution >= 0.6 is 0 Å². The molecule has 0 aromatic heterocycles. The third-order valence-electron chi connectivity index (χ3n) is 3.43. The smallest absolute Gasteiger partial charge is 0.125 e. The van der Waals surface area contributed by atoms with Gasteiger partial charge < -0.3 is 19.5 Å². The second-order valence-corrected chi connectivity index (χ2v) is 5.03. The van der Waals surface area contributed by atoms with Gasteiger partial charge in [0.1, 0.15) is 18.5 Å². The number of hydrogen-bond acceptors (Lipinski definition) is 4. The van der Waals surface area contributed by atoms with Crippen LogP contribution in [-0.4, -0.2) is 49.5 Å². The number of likely N-dealkylation sites (N-methyl/N-ethyl adjacent to an activating group) is 1. The van der Waals surface area contributed by atoms with Crippen LogP contribution in [0.3, 0.4) is 0 Å². The van der Waals surface area contributed by atoms with E-state index in [1.807, 2.05) is 31.2 Å². The summed E-state index contributed by atoms with van der Waals surface area (Å²) in [4.78, 5) is 2.24. The number of benzene rings is 1. The molecule has 1 heterocycles. The molecule has 1 saturated heterocycles. The van der Waals surface area contributed by atoms with Crippen molar-refractivity contribution < 1.29 is 14.6 Å². The van der Waals surface area contributed by atoms with Gasteiger partial charge in [0.2, 0.25) is 0 Å². The molecular formula is C15H23NO3. The van der Waals surface area contributed by atoms with Crippen LogP contribution < -0.4 is 4.74 Å². The first kappa shape index (κ1) is 14.3. The molecule has 1 aromatic rings. The Morgan fingerprint density at radius 3 is 3.00 bits per heavy atom. The largest absolute Gasteiger partial charge is 0.490 e. The molecule has 0 bridgehead atoms. The fraction of sp³-hybridized carbons (Fsp3) is 0.600. The molecule has 1 aromatic carbocycles.